The summed E-state index contributed by atoms with van der Waals surface area (Å²) in [5.74, 6) is -0.728. The van der Waals surface area contributed by atoms with Crippen LogP contribution in [0.2, 0.25) is 5.02 Å². The molecule has 2 amide bonds. The fourth-order valence-electron chi connectivity index (χ4n) is 2.20. The van der Waals surface area contributed by atoms with Crippen molar-refractivity contribution < 1.29 is 14.3 Å². The highest BCUT2D eigenvalue weighted by molar-refractivity contribution is 6.30. The molecule has 0 fully saturated rings. The van der Waals surface area contributed by atoms with Gasteiger partial charge in [0.15, 0.2) is 6.10 Å². The zero-order chi connectivity index (χ0) is 18.6. The standard InChI is InChI=1S/C17H18ClN3O4/c1-9-7-12(18)8-10(2)14(9)25-11(3)15(22)20-21-17(24)13-5-4-6-19-16(13)23/h4-8,11H,1-3H3,(H,19,23)(H,20,22)(H,21,24)/t11-/m1/s1. The van der Waals surface area contributed by atoms with Crippen LogP contribution in [0.5, 0.6) is 5.75 Å². The molecule has 0 saturated heterocycles. The van der Waals surface area contributed by atoms with Gasteiger partial charge in [-0.1, -0.05) is 11.6 Å². The molecule has 0 aliphatic rings. The maximum Gasteiger partial charge on any atom is 0.279 e. The highest BCUT2D eigenvalue weighted by Gasteiger charge is 2.18. The van der Waals surface area contributed by atoms with Crippen LogP contribution < -0.4 is 21.1 Å². The van der Waals surface area contributed by atoms with E-state index in [1.165, 1.54) is 18.3 Å². The summed E-state index contributed by atoms with van der Waals surface area (Å²) in [6, 6.07) is 6.33. The number of benzene rings is 1. The fourth-order valence-corrected chi connectivity index (χ4v) is 2.53. The summed E-state index contributed by atoms with van der Waals surface area (Å²) in [7, 11) is 0. The van der Waals surface area contributed by atoms with Gasteiger partial charge >= 0.3 is 0 Å². The van der Waals surface area contributed by atoms with Gasteiger partial charge in [-0.05, 0) is 56.2 Å². The third-order valence-electron chi connectivity index (χ3n) is 3.45. The van der Waals surface area contributed by atoms with Gasteiger partial charge in [0.05, 0.1) is 0 Å². The van der Waals surface area contributed by atoms with E-state index in [2.05, 4.69) is 15.8 Å². The normalized spacial score (nSPS) is 11.5. The van der Waals surface area contributed by atoms with Gasteiger partial charge in [0.1, 0.15) is 11.3 Å². The summed E-state index contributed by atoms with van der Waals surface area (Å²) in [5, 5.41) is 0.583. The SMILES string of the molecule is Cc1cc(Cl)cc(C)c1O[C@H](C)C(=O)NNC(=O)c1ccc[nH]c1=O. The van der Waals surface area contributed by atoms with Gasteiger partial charge in [0.2, 0.25) is 0 Å². The molecule has 0 aliphatic heterocycles. The van der Waals surface area contributed by atoms with E-state index < -0.39 is 23.5 Å². The van der Waals surface area contributed by atoms with Gasteiger partial charge in [-0.2, -0.15) is 0 Å². The van der Waals surface area contributed by atoms with Crippen molar-refractivity contribution in [2.45, 2.75) is 26.9 Å². The van der Waals surface area contributed by atoms with Gasteiger partial charge in [-0.3, -0.25) is 25.2 Å². The Kier molecular flexibility index (Phi) is 5.82. The predicted octanol–water partition coefficient (Wildman–Crippen LogP) is 1.87. The van der Waals surface area contributed by atoms with E-state index >= 15 is 0 Å². The molecule has 0 aliphatic carbocycles. The Morgan fingerprint density at radius 2 is 1.84 bits per heavy atom. The molecule has 2 rings (SSSR count). The molecule has 0 spiro atoms. The van der Waals surface area contributed by atoms with Gasteiger partial charge < -0.3 is 9.72 Å². The first-order chi connectivity index (χ1) is 11.8. The van der Waals surface area contributed by atoms with E-state index in [4.69, 9.17) is 16.3 Å². The van der Waals surface area contributed by atoms with E-state index in [1.54, 1.807) is 19.1 Å². The van der Waals surface area contributed by atoms with Gasteiger partial charge in [0, 0.05) is 11.2 Å². The smallest absolute Gasteiger partial charge is 0.279 e. The van der Waals surface area contributed by atoms with Crippen LogP contribution in [-0.2, 0) is 4.79 Å². The first kappa shape index (κ1) is 18.5. The zero-order valence-electron chi connectivity index (χ0n) is 14.0. The Bertz CT molecular complexity index is 840. The molecule has 0 unspecified atom stereocenters. The highest BCUT2D eigenvalue weighted by Crippen LogP contribution is 2.27. The zero-order valence-corrected chi connectivity index (χ0v) is 14.7. The Labute approximate surface area is 149 Å². The second-order valence-electron chi connectivity index (χ2n) is 5.49. The molecule has 1 aromatic heterocycles. The minimum Gasteiger partial charge on any atom is -0.480 e. The van der Waals surface area contributed by atoms with E-state index in [-0.39, 0.29) is 5.56 Å². The lowest BCUT2D eigenvalue weighted by Gasteiger charge is -2.18. The van der Waals surface area contributed by atoms with Crippen molar-refractivity contribution in [3.05, 3.63) is 62.5 Å². The Hall–Kier alpha value is -2.80. The predicted molar refractivity (Wildman–Crippen MR) is 93.7 cm³/mol. The van der Waals surface area contributed by atoms with Crippen LogP contribution in [0.1, 0.15) is 28.4 Å². The number of aromatic amines is 1. The number of halogens is 1. The molecule has 2 aromatic rings. The van der Waals surface area contributed by atoms with Crippen molar-refractivity contribution in [3.8, 4) is 5.75 Å². The molecule has 3 N–H and O–H groups in total. The second-order valence-corrected chi connectivity index (χ2v) is 5.92. The molecule has 1 aromatic carbocycles. The van der Waals surface area contributed by atoms with Crippen molar-refractivity contribution >= 4 is 23.4 Å². The van der Waals surface area contributed by atoms with Crippen LogP contribution in [0.3, 0.4) is 0 Å². The number of hydrogen-bond donors (Lipinski definition) is 3. The second kappa shape index (κ2) is 7.85. The lowest BCUT2D eigenvalue weighted by atomic mass is 10.1. The molecule has 8 heteroatoms. The van der Waals surface area contributed by atoms with Crippen molar-refractivity contribution in [1.29, 1.82) is 0 Å². The highest BCUT2D eigenvalue weighted by atomic mass is 35.5. The quantitative estimate of drug-likeness (QED) is 0.722. The van der Waals surface area contributed by atoms with Gasteiger partial charge in [-0.25, -0.2) is 0 Å². The first-order valence-corrected chi connectivity index (χ1v) is 7.88. The molecule has 0 saturated carbocycles. The average molecular weight is 364 g/mol. The van der Waals surface area contributed by atoms with Crippen molar-refractivity contribution in [2.24, 2.45) is 0 Å². The number of ether oxygens (including phenoxy) is 1. The number of amides is 2. The van der Waals surface area contributed by atoms with E-state index in [1.807, 2.05) is 13.8 Å². The molecule has 132 valence electrons. The molecule has 0 radical (unpaired) electrons. The Morgan fingerprint density at radius 1 is 1.20 bits per heavy atom. The van der Waals surface area contributed by atoms with E-state index in [0.717, 1.165) is 11.1 Å². The van der Waals surface area contributed by atoms with Crippen molar-refractivity contribution in [1.82, 2.24) is 15.8 Å². The van der Waals surface area contributed by atoms with Crippen LogP contribution in [0.15, 0.2) is 35.3 Å². The average Bonchev–Trinajstić information content (AvgIpc) is 2.55. The van der Waals surface area contributed by atoms with Crippen molar-refractivity contribution in [3.63, 3.8) is 0 Å². The van der Waals surface area contributed by atoms with Crippen molar-refractivity contribution in [2.75, 3.05) is 0 Å². The van der Waals surface area contributed by atoms with Crippen LogP contribution in [0, 0.1) is 13.8 Å². The van der Waals surface area contributed by atoms with Crippen LogP contribution in [-0.4, -0.2) is 22.9 Å². The topological polar surface area (TPSA) is 100 Å². The Morgan fingerprint density at radius 3 is 2.44 bits per heavy atom. The number of hydrazine groups is 1. The number of aryl methyl sites for hydroxylation is 2. The number of pyridine rings is 1. The van der Waals surface area contributed by atoms with Gasteiger partial charge in [0.25, 0.3) is 17.4 Å². The number of H-pyrrole nitrogens is 1. The summed E-state index contributed by atoms with van der Waals surface area (Å²) in [5.41, 5.74) is 5.35. The minimum atomic E-state index is -0.868. The lowest BCUT2D eigenvalue weighted by molar-refractivity contribution is -0.128. The third kappa shape index (κ3) is 4.60. The summed E-state index contributed by atoms with van der Waals surface area (Å²) in [6.07, 6.45) is 0.539. The number of carbonyl (C=O) groups excluding carboxylic acids is 2. The van der Waals surface area contributed by atoms with Crippen LogP contribution >= 0.6 is 11.6 Å². The molecule has 7 nitrogen and oxygen atoms in total. The minimum absolute atomic E-state index is 0.110. The molecule has 25 heavy (non-hydrogen) atoms. The fraction of sp³-hybridized carbons (Fsp3) is 0.235. The summed E-state index contributed by atoms with van der Waals surface area (Å²) >= 11 is 5.97. The number of rotatable bonds is 4. The summed E-state index contributed by atoms with van der Waals surface area (Å²) < 4.78 is 5.66. The number of hydrogen-bond acceptors (Lipinski definition) is 4. The third-order valence-corrected chi connectivity index (χ3v) is 3.67. The molecular formula is C17H18ClN3O4. The first-order valence-electron chi connectivity index (χ1n) is 7.51. The molecule has 1 heterocycles. The number of aromatic nitrogens is 1. The summed E-state index contributed by atoms with van der Waals surface area (Å²) in [6.45, 7) is 5.19. The summed E-state index contributed by atoms with van der Waals surface area (Å²) in [4.78, 5) is 37.9. The molecule has 0 bridgehead atoms. The van der Waals surface area contributed by atoms with Crippen LogP contribution in [0.25, 0.3) is 0 Å². The van der Waals surface area contributed by atoms with Gasteiger partial charge in [-0.15, -0.1) is 0 Å². The van der Waals surface area contributed by atoms with E-state index in [9.17, 15) is 14.4 Å². The van der Waals surface area contributed by atoms with E-state index in [0.29, 0.717) is 10.8 Å². The number of carbonyl (C=O) groups is 2. The maximum atomic E-state index is 12.1. The lowest BCUT2D eigenvalue weighted by Crippen LogP contribution is -2.48. The largest absolute Gasteiger partial charge is 0.480 e. The molecular weight excluding hydrogens is 346 g/mol. The monoisotopic (exact) mass is 363 g/mol. The Balaban J connectivity index is 1.98. The van der Waals surface area contributed by atoms with Crippen LogP contribution in [0.4, 0.5) is 0 Å². The molecule has 1 atom stereocenters. The number of nitrogens with one attached hydrogen (secondary N) is 3. The maximum absolute atomic E-state index is 12.1.